The van der Waals surface area contributed by atoms with E-state index in [2.05, 4.69) is 0 Å². The maximum Gasteiger partial charge on any atom is 0.338 e. The molecule has 0 radical (unpaired) electrons. The van der Waals surface area contributed by atoms with Gasteiger partial charge in [0.05, 0.1) is 12.2 Å². The lowest BCUT2D eigenvalue weighted by atomic mass is 10.0. The summed E-state index contributed by atoms with van der Waals surface area (Å²) in [5.41, 5.74) is 1.78. The molecule has 0 spiro atoms. The molecule has 0 saturated heterocycles. The fourth-order valence-corrected chi connectivity index (χ4v) is 1.94. The Kier molecular flexibility index (Phi) is 6.99. The van der Waals surface area contributed by atoms with Crippen LogP contribution in [0.5, 0.6) is 0 Å². The normalized spacial score (nSPS) is 10.6. The smallest absolute Gasteiger partial charge is 0.338 e. The molecular formula is C17H24O3. The van der Waals surface area contributed by atoms with Crippen molar-refractivity contribution in [2.24, 2.45) is 5.92 Å². The molecule has 0 bridgehead atoms. The molecule has 0 fully saturated rings. The molecule has 0 unspecified atom stereocenters. The van der Waals surface area contributed by atoms with Crippen LogP contribution in [0.2, 0.25) is 0 Å². The van der Waals surface area contributed by atoms with E-state index in [1.54, 1.807) is 19.1 Å². The number of benzene rings is 1. The molecule has 0 aliphatic carbocycles. The van der Waals surface area contributed by atoms with Crippen molar-refractivity contribution in [2.75, 3.05) is 6.61 Å². The van der Waals surface area contributed by atoms with Gasteiger partial charge in [0.15, 0.2) is 0 Å². The number of carbonyl (C=O) groups excluding carboxylic acids is 2. The third kappa shape index (κ3) is 5.55. The van der Waals surface area contributed by atoms with E-state index in [4.69, 9.17) is 4.74 Å². The van der Waals surface area contributed by atoms with Crippen LogP contribution in [0.3, 0.4) is 0 Å². The van der Waals surface area contributed by atoms with Crippen LogP contribution in [-0.4, -0.2) is 18.4 Å². The number of hydrogen-bond acceptors (Lipinski definition) is 3. The molecule has 1 rings (SSSR count). The van der Waals surface area contributed by atoms with Crippen molar-refractivity contribution in [3.05, 3.63) is 35.4 Å². The van der Waals surface area contributed by atoms with Crippen molar-refractivity contribution in [3.8, 4) is 0 Å². The minimum Gasteiger partial charge on any atom is -0.462 e. The van der Waals surface area contributed by atoms with E-state index in [9.17, 15) is 9.59 Å². The van der Waals surface area contributed by atoms with Gasteiger partial charge >= 0.3 is 5.97 Å². The highest BCUT2D eigenvalue weighted by Gasteiger charge is 2.07. The van der Waals surface area contributed by atoms with Gasteiger partial charge in [-0.25, -0.2) is 4.79 Å². The number of Topliss-reactive ketones (excluding diaryl/α,β-unsaturated/α-hetero) is 1. The number of aryl methyl sites for hydroxylation is 1. The number of ketones is 1. The fourth-order valence-electron chi connectivity index (χ4n) is 1.94. The van der Waals surface area contributed by atoms with Gasteiger partial charge in [-0.2, -0.15) is 0 Å². The Hall–Kier alpha value is -1.64. The predicted octanol–water partition coefficient (Wildman–Crippen LogP) is 3.80. The van der Waals surface area contributed by atoms with Crippen LogP contribution >= 0.6 is 0 Å². The fraction of sp³-hybridized carbons (Fsp3) is 0.529. The molecule has 0 atom stereocenters. The van der Waals surface area contributed by atoms with Crippen LogP contribution in [-0.2, 0) is 16.0 Å². The molecule has 1 aromatic rings. The summed E-state index contributed by atoms with van der Waals surface area (Å²) in [5.74, 6) is 0.197. The lowest BCUT2D eigenvalue weighted by Gasteiger charge is -2.05. The van der Waals surface area contributed by atoms with E-state index in [0.29, 0.717) is 24.4 Å². The molecule has 0 heterocycles. The second kappa shape index (κ2) is 8.51. The van der Waals surface area contributed by atoms with Gasteiger partial charge in [-0.05, 0) is 43.9 Å². The second-order valence-corrected chi connectivity index (χ2v) is 5.25. The number of esters is 1. The number of unbranched alkanes of at least 4 members (excludes halogenated alkanes) is 1. The minimum absolute atomic E-state index is 0.138. The van der Waals surface area contributed by atoms with Gasteiger partial charge in [0.1, 0.15) is 5.78 Å². The molecule has 0 aromatic heterocycles. The van der Waals surface area contributed by atoms with E-state index < -0.39 is 0 Å². The number of hydrogen-bond donors (Lipinski definition) is 0. The van der Waals surface area contributed by atoms with Crippen molar-refractivity contribution in [2.45, 2.75) is 46.5 Å². The van der Waals surface area contributed by atoms with Gasteiger partial charge in [0, 0.05) is 12.3 Å². The van der Waals surface area contributed by atoms with E-state index in [0.717, 1.165) is 19.3 Å². The highest BCUT2D eigenvalue weighted by molar-refractivity contribution is 5.89. The molecule has 0 amide bonds. The monoisotopic (exact) mass is 276 g/mol. The Bertz CT molecular complexity index is 432. The first kappa shape index (κ1) is 16.4. The summed E-state index contributed by atoms with van der Waals surface area (Å²) in [6, 6.07) is 7.51. The molecule has 1 aromatic carbocycles. The molecule has 3 heteroatoms. The summed E-state index contributed by atoms with van der Waals surface area (Å²) in [5, 5.41) is 0. The van der Waals surface area contributed by atoms with Gasteiger partial charge in [-0.1, -0.05) is 26.0 Å². The van der Waals surface area contributed by atoms with Gasteiger partial charge in [0.2, 0.25) is 0 Å². The van der Waals surface area contributed by atoms with E-state index in [1.807, 2.05) is 26.0 Å². The number of ether oxygens (including phenoxy) is 1. The van der Waals surface area contributed by atoms with E-state index in [1.165, 1.54) is 5.56 Å². The Labute approximate surface area is 121 Å². The summed E-state index contributed by atoms with van der Waals surface area (Å²) in [7, 11) is 0. The quantitative estimate of drug-likeness (QED) is 0.536. The second-order valence-electron chi connectivity index (χ2n) is 5.25. The molecule has 0 N–H and O–H groups in total. The van der Waals surface area contributed by atoms with Gasteiger partial charge < -0.3 is 4.74 Å². The molecule has 0 aliphatic rings. The zero-order chi connectivity index (χ0) is 15.0. The average Bonchev–Trinajstić information content (AvgIpc) is 2.44. The Morgan fingerprint density at radius 2 is 1.75 bits per heavy atom. The lowest BCUT2D eigenvalue weighted by molar-refractivity contribution is -0.122. The van der Waals surface area contributed by atoms with E-state index >= 15 is 0 Å². The molecule has 0 aliphatic heterocycles. The molecule has 20 heavy (non-hydrogen) atoms. The van der Waals surface area contributed by atoms with Crippen LogP contribution in [0.15, 0.2) is 24.3 Å². The SMILES string of the molecule is CCOC(=O)c1ccc(CCCCC(=O)C(C)C)cc1. The summed E-state index contributed by atoms with van der Waals surface area (Å²) < 4.78 is 4.94. The van der Waals surface area contributed by atoms with Gasteiger partial charge in [-0.15, -0.1) is 0 Å². The Morgan fingerprint density at radius 1 is 1.10 bits per heavy atom. The first-order valence-corrected chi connectivity index (χ1v) is 7.33. The molecular weight excluding hydrogens is 252 g/mol. The third-order valence-corrected chi connectivity index (χ3v) is 3.25. The first-order valence-electron chi connectivity index (χ1n) is 7.33. The third-order valence-electron chi connectivity index (χ3n) is 3.25. The summed E-state index contributed by atoms with van der Waals surface area (Å²) in [4.78, 5) is 23.0. The van der Waals surface area contributed by atoms with Crippen LogP contribution in [0.1, 0.15) is 56.0 Å². The van der Waals surface area contributed by atoms with Crippen molar-refractivity contribution in [3.63, 3.8) is 0 Å². The van der Waals surface area contributed by atoms with E-state index in [-0.39, 0.29) is 11.9 Å². The van der Waals surface area contributed by atoms with Crippen molar-refractivity contribution in [1.82, 2.24) is 0 Å². The zero-order valence-electron chi connectivity index (χ0n) is 12.6. The van der Waals surface area contributed by atoms with Crippen LogP contribution in [0.4, 0.5) is 0 Å². The van der Waals surface area contributed by atoms with Gasteiger partial charge in [0.25, 0.3) is 0 Å². The summed E-state index contributed by atoms with van der Waals surface area (Å²) in [6.07, 6.45) is 3.53. The van der Waals surface area contributed by atoms with Gasteiger partial charge in [-0.3, -0.25) is 4.79 Å². The largest absolute Gasteiger partial charge is 0.462 e. The predicted molar refractivity (Wildman–Crippen MR) is 79.8 cm³/mol. The molecule has 110 valence electrons. The molecule has 0 saturated carbocycles. The van der Waals surface area contributed by atoms with Crippen molar-refractivity contribution in [1.29, 1.82) is 0 Å². The first-order chi connectivity index (χ1) is 9.54. The number of rotatable bonds is 8. The van der Waals surface area contributed by atoms with Crippen molar-refractivity contribution >= 4 is 11.8 Å². The Morgan fingerprint density at radius 3 is 2.30 bits per heavy atom. The standard InChI is InChI=1S/C17H24O3/c1-4-20-17(19)15-11-9-14(10-12-15)7-5-6-8-16(18)13(2)3/h9-13H,4-8H2,1-3H3. The molecule has 3 nitrogen and oxygen atoms in total. The number of carbonyl (C=O) groups is 2. The lowest BCUT2D eigenvalue weighted by Crippen LogP contribution is -2.06. The van der Waals surface area contributed by atoms with Crippen LogP contribution in [0.25, 0.3) is 0 Å². The minimum atomic E-state index is -0.276. The summed E-state index contributed by atoms with van der Waals surface area (Å²) >= 11 is 0. The average molecular weight is 276 g/mol. The van der Waals surface area contributed by atoms with Crippen molar-refractivity contribution < 1.29 is 14.3 Å². The maximum absolute atomic E-state index is 11.5. The van der Waals surface area contributed by atoms with Crippen LogP contribution < -0.4 is 0 Å². The topological polar surface area (TPSA) is 43.4 Å². The summed E-state index contributed by atoms with van der Waals surface area (Å²) in [6.45, 7) is 6.07. The Balaban J connectivity index is 2.35. The highest BCUT2D eigenvalue weighted by atomic mass is 16.5. The zero-order valence-corrected chi connectivity index (χ0v) is 12.6. The maximum atomic E-state index is 11.5. The van der Waals surface area contributed by atoms with Crippen LogP contribution in [0, 0.1) is 5.92 Å². The highest BCUT2D eigenvalue weighted by Crippen LogP contribution is 2.11.